The molecule has 6 heteroatoms. The molecular weight excluding hydrogens is 416 g/mol. The van der Waals surface area contributed by atoms with Gasteiger partial charge in [-0.05, 0) is 75.5 Å². The van der Waals surface area contributed by atoms with Gasteiger partial charge in [-0.25, -0.2) is 4.79 Å². The molecule has 2 aromatic carbocycles. The van der Waals surface area contributed by atoms with Crippen LogP contribution in [0.1, 0.15) is 39.2 Å². The van der Waals surface area contributed by atoms with E-state index in [1.807, 2.05) is 38.1 Å². The fraction of sp³-hybridized carbons (Fsp3) is 0.519. The van der Waals surface area contributed by atoms with Crippen molar-refractivity contribution in [2.24, 2.45) is 5.92 Å². The van der Waals surface area contributed by atoms with Crippen LogP contribution in [0.15, 0.2) is 48.5 Å². The van der Waals surface area contributed by atoms with Crippen molar-refractivity contribution in [3.05, 3.63) is 54.1 Å². The summed E-state index contributed by atoms with van der Waals surface area (Å²) in [5, 5.41) is 3.09. The van der Waals surface area contributed by atoms with Crippen LogP contribution in [0.2, 0.25) is 0 Å². The number of ether oxygens (including phenoxy) is 3. The molecule has 5 rings (SSSR count). The van der Waals surface area contributed by atoms with Crippen LogP contribution < -0.4 is 10.1 Å². The lowest BCUT2D eigenvalue weighted by atomic mass is 9.76. The maximum atomic E-state index is 12.8. The third kappa shape index (κ3) is 5.50. The van der Waals surface area contributed by atoms with Crippen LogP contribution in [0.25, 0.3) is 11.1 Å². The van der Waals surface area contributed by atoms with Gasteiger partial charge in [0.2, 0.25) is 0 Å². The molecule has 3 aliphatic heterocycles. The van der Waals surface area contributed by atoms with Crippen LogP contribution in [0, 0.1) is 5.92 Å². The molecule has 2 bridgehead atoms. The van der Waals surface area contributed by atoms with Gasteiger partial charge in [0, 0.05) is 19.6 Å². The summed E-state index contributed by atoms with van der Waals surface area (Å²) in [7, 11) is 1.66. The minimum atomic E-state index is -0.543. The zero-order chi connectivity index (χ0) is 23.5. The number of hydrogen-bond donors (Lipinski definition) is 1. The molecule has 3 aliphatic rings. The van der Waals surface area contributed by atoms with Crippen molar-refractivity contribution in [2.45, 2.75) is 44.8 Å². The Hall–Kier alpha value is -2.57. The lowest BCUT2D eigenvalue weighted by Crippen LogP contribution is -2.60. The highest BCUT2D eigenvalue weighted by Gasteiger charge is 2.46. The summed E-state index contributed by atoms with van der Waals surface area (Å²) in [5.41, 5.74) is 2.31. The fourth-order valence-electron chi connectivity index (χ4n) is 5.02. The molecule has 1 unspecified atom stereocenters. The van der Waals surface area contributed by atoms with E-state index in [1.165, 1.54) is 0 Å². The Kier molecular flexibility index (Phi) is 6.96. The number of carbonyl (C=O) groups is 1. The Bertz CT molecular complexity index is 934. The number of nitrogens with one attached hydrogen (secondary N) is 1. The van der Waals surface area contributed by atoms with Crippen LogP contribution in [-0.2, 0) is 15.0 Å². The zero-order valence-electron chi connectivity index (χ0n) is 20.2. The van der Waals surface area contributed by atoms with Crippen molar-refractivity contribution in [2.75, 3.05) is 40.0 Å². The highest BCUT2D eigenvalue weighted by molar-refractivity contribution is 5.70. The predicted molar refractivity (Wildman–Crippen MR) is 129 cm³/mol. The van der Waals surface area contributed by atoms with Crippen LogP contribution in [0.5, 0.6) is 5.75 Å². The van der Waals surface area contributed by atoms with Crippen molar-refractivity contribution in [3.8, 4) is 16.9 Å². The normalized spacial score (nSPS) is 24.4. The zero-order valence-corrected chi connectivity index (χ0v) is 20.2. The van der Waals surface area contributed by atoms with Gasteiger partial charge in [-0.3, -0.25) is 4.90 Å². The lowest BCUT2D eigenvalue weighted by Gasteiger charge is -2.50. The number of hydrogen-bond acceptors (Lipinski definition) is 5. The summed E-state index contributed by atoms with van der Waals surface area (Å²) in [6.45, 7) is 10.3. The summed E-state index contributed by atoms with van der Waals surface area (Å²) >= 11 is 0. The Morgan fingerprint density at radius 3 is 2.18 bits per heavy atom. The summed E-state index contributed by atoms with van der Waals surface area (Å²) in [5.74, 6) is 1.28. The second-order valence-corrected chi connectivity index (χ2v) is 9.95. The van der Waals surface area contributed by atoms with Gasteiger partial charge in [0.15, 0.2) is 0 Å². The number of alkyl carbamates (subject to hydrolysis) is 1. The summed E-state index contributed by atoms with van der Waals surface area (Å²) < 4.78 is 16.6. The highest BCUT2D eigenvalue weighted by Crippen LogP contribution is 2.38. The van der Waals surface area contributed by atoms with Crippen LogP contribution in [-0.4, -0.2) is 56.6 Å². The number of piperidine rings is 3. The molecule has 33 heavy (non-hydrogen) atoms. The summed E-state index contributed by atoms with van der Waals surface area (Å²) in [6.07, 6.45) is 1.87. The average Bonchev–Trinajstić information content (AvgIpc) is 2.79. The Morgan fingerprint density at radius 2 is 1.64 bits per heavy atom. The number of carbonyl (C=O) groups excluding carboxylic acids is 1. The molecule has 3 saturated heterocycles. The van der Waals surface area contributed by atoms with Crippen LogP contribution >= 0.6 is 0 Å². The van der Waals surface area contributed by atoms with E-state index in [2.05, 4.69) is 41.4 Å². The van der Waals surface area contributed by atoms with Crippen LogP contribution in [0.3, 0.4) is 0 Å². The number of rotatable bonds is 8. The third-order valence-electron chi connectivity index (χ3n) is 7.08. The van der Waals surface area contributed by atoms with Gasteiger partial charge in [-0.2, -0.15) is 0 Å². The van der Waals surface area contributed by atoms with Gasteiger partial charge < -0.3 is 19.5 Å². The Morgan fingerprint density at radius 1 is 1.03 bits per heavy atom. The predicted octanol–water partition coefficient (Wildman–Crippen LogP) is 4.82. The van der Waals surface area contributed by atoms with Gasteiger partial charge >= 0.3 is 6.09 Å². The fourth-order valence-corrected chi connectivity index (χ4v) is 5.02. The first-order valence-electron chi connectivity index (χ1n) is 11.9. The molecule has 1 atom stereocenters. The molecule has 178 valence electrons. The smallest absolute Gasteiger partial charge is 0.408 e. The van der Waals surface area contributed by atoms with E-state index in [4.69, 9.17) is 14.2 Å². The second-order valence-electron chi connectivity index (χ2n) is 9.95. The molecule has 1 N–H and O–H groups in total. The topological polar surface area (TPSA) is 60.0 Å². The van der Waals surface area contributed by atoms with Crippen molar-refractivity contribution in [3.63, 3.8) is 0 Å². The van der Waals surface area contributed by atoms with Crippen molar-refractivity contribution in [1.82, 2.24) is 10.2 Å². The molecule has 0 aliphatic carbocycles. The van der Waals surface area contributed by atoms with Crippen molar-refractivity contribution < 1.29 is 19.0 Å². The molecule has 2 aromatic rings. The molecule has 1 amide bonds. The van der Waals surface area contributed by atoms with Gasteiger partial charge in [0.1, 0.15) is 18.0 Å². The maximum absolute atomic E-state index is 12.8. The minimum Gasteiger partial charge on any atom is -0.491 e. The minimum absolute atomic E-state index is 0.343. The SMILES string of the molecule is COCCOc1ccc(-c2ccc(C(C)(C)NC(=O)OC3(C)CN4CCC3CC4)cc2)cc1. The standard InChI is InChI=1S/C27H36N2O4/c1-26(2,28-25(30)33-27(3)19-29-15-13-23(27)14-16-29)22-9-5-20(6-10-22)21-7-11-24(12-8-21)32-18-17-31-4/h5-12,23H,13-19H2,1-4H3,(H,28,30). The number of amides is 1. The molecule has 3 heterocycles. The van der Waals surface area contributed by atoms with Gasteiger partial charge in [0.25, 0.3) is 0 Å². The average molecular weight is 453 g/mol. The van der Waals surface area contributed by atoms with Crippen molar-refractivity contribution in [1.29, 1.82) is 0 Å². The number of benzene rings is 2. The molecular formula is C27H36N2O4. The molecule has 0 aromatic heterocycles. The monoisotopic (exact) mass is 452 g/mol. The molecule has 0 radical (unpaired) electrons. The van der Waals surface area contributed by atoms with E-state index in [0.717, 1.165) is 54.9 Å². The number of fused-ring (bicyclic) bond motifs is 3. The molecule has 6 nitrogen and oxygen atoms in total. The summed E-state index contributed by atoms with van der Waals surface area (Å²) in [6, 6.07) is 16.3. The van der Waals surface area contributed by atoms with E-state index >= 15 is 0 Å². The first-order chi connectivity index (χ1) is 15.8. The highest BCUT2D eigenvalue weighted by atomic mass is 16.6. The lowest BCUT2D eigenvalue weighted by molar-refractivity contribution is -0.105. The largest absolute Gasteiger partial charge is 0.491 e. The van der Waals surface area contributed by atoms with E-state index < -0.39 is 11.1 Å². The molecule has 0 spiro atoms. The number of nitrogens with zero attached hydrogens (tertiary/aromatic N) is 1. The maximum Gasteiger partial charge on any atom is 0.408 e. The Balaban J connectivity index is 1.36. The van der Waals surface area contributed by atoms with E-state index in [-0.39, 0.29) is 6.09 Å². The second kappa shape index (κ2) is 9.74. The summed E-state index contributed by atoms with van der Waals surface area (Å²) in [4.78, 5) is 15.2. The van der Waals surface area contributed by atoms with E-state index in [1.54, 1.807) is 7.11 Å². The molecule has 0 saturated carbocycles. The van der Waals surface area contributed by atoms with E-state index in [9.17, 15) is 4.79 Å². The number of methoxy groups -OCH3 is 1. The van der Waals surface area contributed by atoms with E-state index in [0.29, 0.717) is 19.1 Å². The molecule has 3 fully saturated rings. The third-order valence-corrected chi connectivity index (χ3v) is 7.08. The van der Waals surface area contributed by atoms with Crippen LogP contribution in [0.4, 0.5) is 4.79 Å². The first-order valence-corrected chi connectivity index (χ1v) is 11.9. The van der Waals surface area contributed by atoms with Crippen molar-refractivity contribution >= 4 is 6.09 Å². The first kappa shape index (κ1) is 23.6. The van der Waals surface area contributed by atoms with Gasteiger partial charge in [0.05, 0.1) is 12.1 Å². The quantitative estimate of drug-likeness (QED) is 0.582. The van der Waals surface area contributed by atoms with Gasteiger partial charge in [-0.1, -0.05) is 36.4 Å². The Labute approximate surface area is 197 Å². The van der Waals surface area contributed by atoms with Gasteiger partial charge in [-0.15, -0.1) is 0 Å².